The third kappa shape index (κ3) is 2.13. The standard InChI is InChI=1S/C14H14N2O/c17-14(16-9-10-5-6-10)12-7-8-15-13-4-2-1-3-11(12)13/h1-4,7-8,10H,5-6,9H2,(H,16,17). The molecule has 1 saturated carbocycles. The predicted molar refractivity (Wildman–Crippen MR) is 66.8 cm³/mol. The lowest BCUT2D eigenvalue weighted by atomic mass is 10.1. The van der Waals surface area contributed by atoms with Gasteiger partial charge in [-0.1, -0.05) is 18.2 Å². The van der Waals surface area contributed by atoms with Crippen molar-refractivity contribution < 1.29 is 4.79 Å². The van der Waals surface area contributed by atoms with Crippen LogP contribution in [0.25, 0.3) is 10.9 Å². The highest BCUT2D eigenvalue weighted by atomic mass is 16.1. The van der Waals surface area contributed by atoms with Crippen LogP contribution in [0.4, 0.5) is 0 Å². The molecule has 1 aromatic carbocycles. The van der Waals surface area contributed by atoms with Crippen molar-refractivity contribution in [3.63, 3.8) is 0 Å². The summed E-state index contributed by atoms with van der Waals surface area (Å²) in [5, 5.41) is 3.91. The van der Waals surface area contributed by atoms with Crippen molar-refractivity contribution in [2.45, 2.75) is 12.8 Å². The molecule has 0 atom stereocenters. The van der Waals surface area contributed by atoms with Gasteiger partial charge in [0.2, 0.25) is 0 Å². The largest absolute Gasteiger partial charge is 0.352 e. The molecule has 0 bridgehead atoms. The smallest absolute Gasteiger partial charge is 0.252 e. The fourth-order valence-electron chi connectivity index (χ4n) is 1.95. The van der Waals surface area contributed by atoms with Crippen LogP contribution < -0.4 is 5.32 Å². The second kappa shape index (κ2) is 4.17. The summed E-state index contributed by atoms with van der Waals surface area (Å²) in [5.74, 6) is 0.711. The summed E-state index contributed by atoms with van der Waals surface area (Å²) in [6.45, 7) is 0.801. The first kappa shape index (κ1) is 10.3. The maximum absolute atomic E-state index is 12.1. The zero-order chi connectivity index (χ0) is 11.7. The number of para-hydroxylation sites is 1. The van der Waals surface area contributed by atoms with E-state index in [9.17, 15) is 4.79 Å². The maximum atomic E-state index is 12.1. The summed E-state index contributed by atoms with van der Waals surface area (Å²) < 4.78 is 0. The van der Waals surface area contributed by atoms with Crippen LogP contribution in [-0.2, 0) is 0 Å². The minimum Gasteiger partial charge on any atom is -0.352 e. The first-order valence-corrected chi connectivity index (χ1v) is 5.96. The van der Waals surface area contributed by atoms with Gasteiger partial charge in [-0.3, -0.25) is 9.78 Å². The van der Waals surface area contributed by atoms with Crippen LogP contribution in [0.15, 0.2) is 36.5 Å². The Morgan fingerprint density at radius 1 is 1.29 bits per heavy atom. The molecule has 86 valence electrons. The van der Waals surface area contributed by atoms with Gasteiger partial charge in [0.25, 0.3) is 5.91 Å². The van der Waals surface area contributed by atoms with E-state index >= 15 is 0 Å². The van der Waals surface area contributed by atoms with Crippen LogP contribution in [0.1, 0.15) is 23.2 Å². The lowest BCUT2D eigenvalue weighted by Gasteiger charge is -2.06. The molecule has 1 aromatic heterocycles. The van der Waals surface area contributed by atoms with E-state index in [1.165, 1.54) is 12.8 Å². The normalized spacial score (nSPS) is 14.8. The summed E-state index contributed by atoms with van der Waals surface area (Å²) in [4.78, 5) is 16.3. The van der Waals surface area contributed by atoms with Gasteiger partial charge < -0.3 is 5.32 Å². The minimum atomic E-state index is 0.00972. The Kier molecular flexibility index (Phi) is 2.52. The van der Waals surface area contributed by atoms with Crippen molar-refractivity contribution in [2.75, 3.05) is 6.54 Å². The Hall–Kier alpha value is -1.90. The van der Waals surface area contributed by atoms with Gasteiger partial charge in [-0.15, -0.1) is 0 Å². The maximum Gasteiger partial charge on any atom is 0.252 e. The number of carbonyl (C=O) groups excluding carboxylic acids is 1. The van der Waals surface area contributed by atoms with E-state index in [2.05, 4.69) is 10.3 Å². The highest BCUT2D eigenvalue weighted by Gasteiger charge is 2.22. The Labute approximate surface area is 99.9 Å². The third-order valence-corrected chi connectivity index (χ3v) is 3.14. The van der Waals surface area contributed by atoms with E-state index in [1.807, 2.05) is 24.3 Å². The molecule has 3 heteroatoms. The summed E-state index contributed by atoms with van der Waals surface area (Å²) >= 11 is 0. The molecule has 3 nitrogen and oxygen atoms in total. The van der Waals surface area contributed by atoms with Gasteiger partial charge in [-0.05, 0) is 30.9 Å². The fourth-order valence-corrected chi connectivity index (χ4v) is 1.95. The molecule has 1 fully saturated rings. The molecule has 1 N–H and O–H groups in total. The van der Waals surface area contributed by atoms with Crippen molar-refractivity contribution in [3.8, 4) is 0 Å². The SMILES string of the molecule is O=C(NCC1CC1)c1ccnc2ccccc12. The fraction of sp³-hybridized carbons (Fsp3) is 0.286. The van der Waals surface area contributed by atoms with Gasteiger partial charge >= 0.3 is 0 Å². The van der Waals surface area contributed by atoms with Crippen molar-refractivity contribution >= 4 is 16.8 Å². The van der Waals surface area contributed by atoms with Gasteiger partial charge in [-0.25, -0.2) is 0 Å². The Bertz CT molecular complexity index is 556. The number of hydrogen-bond donors (Lipinski definition) is 1. The van der Waals surface area contributed by atoms with E-state index in [4.69, 9.17) is 0 Å². The average molecular weight is 226 g/mol. The summed E-state index contributed by atoms with van der Waals surface area (Å²) in [7, 11) is 0. The third-order valence-electron chi connectivity index (χ3n) is 3.14. The van der Waals surface area contributed by atoms with E-state index < -0.39 is 0 Å². The number of nitrogens with one attached hydrogen (secondary N) is 1. The van der Waals surface area contributed by atoms with Gasteiger partial charge in [0.1, 0.15) is 0 Å². The minimum absolute atomic E-state index is 0.00972. The molecule has 0 saturated heterocycles. The summed E-state index contributed by atoms with van der Waals surface area (Å²) in [6, 6.07) is 9.51. The number of hydrogen-bond acceptors (Lipinski definition) is 2. The van der Waals surface area contributed by atoms with E-state index in [0.29, 0.717) is 5.92 Å². The number of amides is 1. The van der Waals surface area contributed by atoms with Crippen molar-refractivity contribution in [3.05, 3.63) is 42.1 Å². The molecule has 1 aliphatic carbocycles. The molecule has 3 rings (SSSR count). The Morgan fingerprint density at radius 2 is 2.12 bits per heavy atom. The molecular weight excluding hydrogens is 212 g/mol. The molecule has 2 aromatic rings. The van der Waals surface area contributed by atoms with Crippen LogP contribution in [-0.4, -0.2) is 17.4 Å². The number of rotatable bonds is 3. The molecule has 0 unspecified atom stereocenters. The topological polar surface area (TPSA) is 42.0 Å². The molecule has 0 spiro atoms. The molecule has 1 aliphatic rings. The van der Waals surface area contributed by atoms with Crippen molar-refractivity contribution in [2.24, 2.45) is 5.92 Å². The molecule has 1 heterocycles. The zero-order valence-corrected chi connectivity index (χ0v) is 9.52. The molecular formula is C14H14N2O. The summed E-state index contributed by atoms with van der Waals surface area (Å²) in [6.07, 6.45) is 4.18. The predicted octanol–water partition coefficient (Wildman–Crippen LogP) is 2.37. The second-order valence-corrected chi connectivity index (χ2v) is 4.53. The molecule has 17 heavy (non-hydrogen) atoms. The highest BCUT2D eigenvalue weighted by Crippen LogP contribution is 2.27. The highest BCUT2D eigenvalue weighted by molar-refractivity contribution is 6.05. The molecule has 1 amide bonds. The van der Waals surface area contributed by atoms with Crippen LogP contribution in [0, 0.1) is 5.92 Å². The van der Waals surface area contributed by atoms with Crippen LogP contribution >= 0.6 is 0 Å². The zero-order valence-electron chi connectivity index (χ0n) is 9.52. The first-order chi connectivity index (χ1) is 8.34. The van der Waals surface area contributed by atoms with Gasteiger partial charge in [0.15, 0.2) is 0 Å². The van der Waals surface area contributed by atoms with E-state index in [1.54, 1.807) is 12.3 Å². The van der Waals surface area contributed by atoms with Gasteiger partial charge in [-0.2, -0.15) is 0 Å². The lowest BCUT2D eigenvalue weighted by Crippen LogP contribution is -2.25. The Morgan fingerprint density at radius 3 is 2.94 bits per heavy atom. The average Bonchev–Trinajstić information content (AvgIpc) is 3.19. The van der Waals surface area contributed by atoms with E-state index in [0.717, 1.165) is 23.0 Å². The van der Waals surface area contributed by atoms with Gasteiger partial charge in [0.05, 0.1) is 11.1 Å². The summed E-state index contributed by atoms with van der Waals surface area (Å²) in [5.41, 5.74) is 1.59. The van der Waals surface area contributed by atoms with Crippen molar-refractivity contribution in [1.29, 1.82) is 0 Å². The lowest BCUT2D eigenvalue weighted by molar-refractivity contribution is 0.0953. The Balaban J connectivity index is 1.89. The molecule has 0 radical (unpaired) electrons. The van der Waals surface area contributed by atoms with Crippen LogP contribution in [0.2, 0.25) is 0 Å². The van der Waals surface area contributed by atoms with Crippen LogP contribution in [0.5, 0.6) is 0 Å². The number of benzene rings is 1. The van der Waals surface area contributed by atoms with Crippen molar-refractivity contribution in [1.82, 2.24) is 10.3 Å². The van der Waals surface area contributed by atoms with E-state index in [-0.39, 0.29) is 5.91 Å². The number of fused-ring (bicyclic) bond motifs is 1. The first-order valence-electron chi connectivity index (χ1n) is 5.96. The second-order valence-electron chi connectivity index (χ2n) is 4.53. The number of carbonyl (C=O) groups is 1. The monoisotopic (exact) mass is 226 g/mol. The number of aromatic nitrogens is 1. The molecule has 0 aliphatic heterocycles. The number of pyridine rings is 1. The number of nitrogens with zero attached hydrogens (tertiary/aromatic N) is 1. The quantitative estimate of drug-likeness (QED) is 0.873. The van der Waals surface area contributed by atoms with Crippen LogP contribution in [0.3, 0.4) is 0 Å². The van der Waals surface area contributed by atoms with Gasteiger partial charge in [0, 0.05) is 18.1 Å².